The third-order valence-corrected chi connectivity index (χ3v) is 3.15. The summed E-state index contributed by atoms with van der Waals surface area (Å²) in [5, 5.41) is 11.9. The fourth-order valence-electron chi connectivity index (χ4n) is 1.82. The number of carbonyl (C=O) groups excluding carboxylic acids is 1. The Kier molecular flexibility index (Phi) is 4.57. The van der Waals surface area contributed by atoms with Crippen molar-refractivity contribution in [2.75, 3.05) is 5.32 Å². The zero-order chi connectivity index (χ0) is 15.4. The third-order valence-electron chi connectivity index (χ3n) is 2.91. The molecule has 4 N–H and O–H groups in total. The average molecular weight is 305 g/mol. The maximum Gasteiger partial charge on any atom is 0.337 e. The molecular weight excluding hydrogens is 292 g/mol. The molecule has 0 radical (unpaired) electrons. The van der Waals surface area contributed by atoms with Gasteiger partial charge in [-0.25, -0.2) is 4.79 Å². The number of rotatable bonds is 4. The standard InChI is InChI=1S/C15H13ClN2O3/c16-10-6-7-12(11(8-10)15(20)21)18-14(19)13(17)9-4-2-1-3-5-9/h1-8,13H,17H2,(H,18,19)(H,20,21)/t13-/m0/s1. The van der Waals surface area contributed by atoms with Crippen LogP contribution in [-0.4, -0.2) is 17.0 Å². The summed E-state index contributed by atoms with van der Waals surface area (Å²) in [4.78, 5) is 23.3. The lowest BCUT2D eigenvalue weighted by Gasteiger charge is -2.14. The lowest BCUT2D eigenvalue weighted by atomic mass is 10.1. The highest BCUT2D eigenvalue weighted by atomic mass is 35.5. The summed E-state index contributed by atoms with van der Waals surface area (Å²) < 4.78 is 0. The molecule has 2 aromatic rings. The number of halogens is 1. The van der Waals surface area contributed by atoms with Gasteiger partial charge in [0.05, 0.1) is 11.3 Å². The quantitative estimate of drug-likeness (QED) is 0.809. The van der Waals surface area contributed by atoms with Crippen molar-refractivity contribution < 1.29 is 14.7 Å². The Morgan fingerprint density at radius 1 is 1.14 bits per heavy atom. The highest BCUT2D eigenvalue weighted by Gasteiger charge is 2.18. The van der Waals surface area contributed by atoms with E-state index in [4.69, 9.17) is 22.4 Å². The number of carbonyl (C=O) groups is 2. The van der Waals surface area contributed by atoms with E-state index in [1.54, 1.807) is 24.3 Å². The van der Waals surface area contributed by atoms with Crippen LogP contribution in [0.15, 0.2) is 48.5 Å². The number of hydrogen-bond donors (Lipinski definition) is 3. The van der Waals surface area contributed by atoms with E-state index in [0.717, 1.165) is 0 Å². The molecule has 0 aromatic heterocycles. The average Bonchev–Trinajstić information content (AvgIpc) is 2.49. The topological polar surface area (TPSA) is 92.4 Å². The lowest BCUT2D eigenvalue weighted by Crippen LogP contribution is -2.28. The van der Waals surface area contributed by atoms with Gasteiger partial charge in [0.25, 0.3) is 0 Å². The molecule has 2 aromatic carbocycles. The Labute approximate surface area is 126 Å². The van der Waals surface area contributed by atoms with Crippen molar-refractivity contribution in [3.05, 3.63) is 64.7 Å². The maximum atomic E-state index is 12.1. The van der Waals surface area contributed by atoms with E-state index in [-0.39, 0.29) is 16.3 Å². The van der Waals surface area contributed by atoms with Gasteiger partial charge in [0.15, 0.2) is 0 Å². The van der Waals surface area contributed by atoms with Gasteiger partial charge in [-0.2, -0.15) is 0 Å². The zero-order valence-corrected chi connectivity index (χ0v) is 11.7. The monoisotopic (exact) mass is 304 g/mol. The summed E-state index contributed by atoms with van der Waals surface area (Å²) in [7, 11) is 0. The number of anilines is 1. The highest BCUT2D eigenvalue weighted by Crippen LogP contribution is 2.22. The molecule has 0 aliphatic carbocycles. The Morgan fingerprint density at radius 3 is 2.43 bits per heavy atom. The number of hydrogen-bond acceptors (Lipinski definition) is 3. The molecule has 0 aliphatic rings. The minimum atomic E-state index is -1.18. The predicted octanol–water partition coefficient (Wildman–Crippen LogP) is 2.68. The third kappa shape index (κ3) is 3.59. The van der Waals surface area contributed by atoms with E-state index in [0.29, 0.717) is 5.56 Å². The molecule has 0 saturated heterocycles. The molecule has 0 fully saturated rings. The van der Waals surface area contributed by atoms with E-state index in [2.05, 4.69) is 5.32 Å². The largest absolute Gasteiger partial charge is 0.478 e. The Hall–Kier alpha value is -2.37. The summed E-state index contributed by atoms with van der Waals surface area (Å²) in [6, 6.07) is 12.1. The molecule has 0 bridgehead atoms. The van der Waals surface area contributed by atoms with Crippen molar-refractivity contribution in [1.29, 1.82) is 0 Å². The van der Waals surface area contributed by atoms with E-state index in [9.17, 15) is 9.59 Å². The van der Waals surface area contributed by atoms with E-state index >= 15 is 0 Å². The Balaban J connectivity index is 2.22. The molecule has 21 heavy (non-hydrogen) atoms. The predicted molar refractivity (Wildman–Crippen MR) is 80.4 cm³/mol. The van der Waals surface area contributed by atoms with Crippen LogP contribution in [0.4, 0.5) is 5.69 Å². The van der Waals surface area contributed by atoms with E-state index < -0.39 is 17.9 Å². The molecule has 1 amide bonds. The van der Waals surface area contributed by atoms with Crippen molar-refractivity contribution >= 4 is 29.2 Å². The minimum absolute atomic E-state index is 0.0869. The van der Waals surface area contributed by atoms with Gasteiger partial charge in [0, 0.05) is 5.02 Å². The first-order valence-corrected chi connectivity index (χ1v) is 6.51. The summed E-state index contributed by atoms with van der Waals surface area (Å²) in [5.41, 5.74) is 6.57. The smallest absolute Gasteiger partial charge is 0.337 e. The first-order valence-electron chi connectivity index (χ1n) is 6.13. The van der Waals surface area contributed by atoms with Crippen LogP contribution in [0, 0.1) is 0 Å². The van der Waals surface area contributed by atoms with Gasteiger partial charge in [0.1, 0.15) is 6.04 Å². The van der Waals surface area contributed by atoms with Crippen molar-refractivity contribution in [2.24, 2.45) is 5.73 Å². The van der Waals surface area contributed by atoms with Crippen molar-refractivity contribution in [3.63, 3.8) is 0 Å². The van der Waals surface area contributed by atoms with E-state index in [1.807, 2.05) is 6.07 Å². The van der Waals surface area contributed by atoms with Crippen LogP contribution >= 0.6 is 11.6 Å². The second-order valence-corrected chi connectivity index (χ2v) is 4.81. The van der Waals surface area contributed by atoms with Gasteiger partial charge in [-0.15, -0.1) is 0 Å². The summed E-state index contributed by atoms with van der Waals surface area (Å²) in [5.74, 6) is -1.67. The Morgan fingerprint density at radius 2 is 1.81 bits per heavy atom. The second kappa shape index (κ2) is 6.39. The van der Waals surface area contributed by atoms with Crippen LogP contribution in [0.3, 0.4) is 0 Å². The normalized spacial score (nSPS) is 11.7. The highest BCUT2D eigenvalue weighted by molar-refractivity contribution is 6.31. The first kappa shape index (κ1) is 15.0. The molecule has 6 heteroatoms. The molecule has 1 atom stereocenters. The van der Waals surface area contributed by atoms with Crippen molar-refractivity contribution in [1.82, 2.24) is 0 Å². The van der Waals surface area contributed by atoms with Gasteiger partial charge in [-0.1, -0.05) is 41.9 Å². The van der Waals surface area contributed by atoms with E-state index in [1.165, 1.54) is 18.2 Å². The second-order valence-electron chi connectivity index (χ2n) is 4.37. The molecule has 108 valence electrons. The van der Waals surface area contributed by atoms with Crippen LogP contribution in [0.5, 0.6) is 0 Å². The van der Waals surface area contributed by atoms with Crippen molar-refractivity contribution in [2.45, 2.75) is 6.04 Å². The fourth-order valence-corrected chi connectivity index (χ4v) is 2.00. The molecule has 0 spiro atoms. The van der Waals surface area contributed by atoms with Crippen molar-refractivity contribution in [3.8, 4) is 0 Å². The van der Waals surface area contributed by atoms with Crippen LogP contribution in [-0.2, 0) is 4.79 Å². The number of aromatic carboxylic acids is 1. The Bertz CT molecular complexity index is 674. The van der Waals surface area contributed by atoms with Crippen LogP contribution in [0.2, 0.25) is 5.02 Å². The number of nitrogens with one attached hydrogen (secondary N) is 1. The number of nitrogens with two attached hydrogens (primary N) is 1. The molecule has 2 rings (SSSR count). The van der Waals surface area contributed by atoms with Gasteiger partial charge in [0.2, 0.25) is 5.91 Å². The summed E-state index contributed by atoms with van der Waals surface area (Å²) in [6.45, 7) is 0. The molecule has 0 saturated carbocycles. The molecule has 0 aliphatic heterocycles. The lowest BCUT2D eigenvalue weighted by molar-refractivity contribution is -0.117. The molecular formula is C15H13ClN2O3. The number of carboxylic acids is 1. The molecule has 0 heterocycles. The number of amides is 1. The number of benzene rings is 2. The van der Waals surface area contributed by atoms with Crippen LogP contribution < -0.4 is 11.1 Å². The van der Waals surface area contributed by atoms with Gasteiger partial charge >= 0.3 is 5.97 Å². The summed E-state index contributed by atoms with van der Waals surface area (Å²) in [6.07, 6.45) is 0. The molecule has 5 nitrogen and oxygen atoms in total. The summed E-state index contributed by atoms with van der Waals surface area (Å²) >= 11 is 5.76. The van der Waals surface area contributed by atoms with Gasteiger partial charge in [-0.05, 0) is 23.8 Å². The minimum Gasteiger partial charge on any atom is -0.478 e. The first-order chi connectivity index (χ1) is 9.99. The van der Waals surface area contributed by atoms with Crippen LogP contribution in [0.1, 0.15) is 22.0 Å². The van der Waals surface area contributed by atoms with Gasteiger partial charge in [-0.3, -0.25) is 4.79 Å². The molecule has 0 unspecified atom stereocenters. The zero-order valence-electron chi connectivity index (χ0n) is 10.9. The van der Waals surface area contributed by atoms with Gasteiger partial charge < -0.3 is 16.2 Å². The maximum absolute atomic E-state index is 12.1. The van der Waals surface area contributed by atoms with Crippen LogP contribution in [0.25, 0.3) is 0 Å². The fraction of sp³-hybridized carbons (Fsp3) is 0.0667. The number of carboxylic acid groups (broad SMARTS) is 1. The SMILES string of the molecule is N[C@H](C(=O)Nc1ccc(Cl)cc1C(=O)O)c1ccccc1.